The molecular weight excluding hydrogens is 311 g/mol. The van der Waals surface area contributed by atoms with Crippen LogP contribution in [0.1, 0.15) is 11.1 Å². The van der Waals surface area contributed by atoms with Gasteiger partial charge in [0, 0.05) is 11.6 Å². The van der Waals surface area contributed by atoms with Crippen LogP contribution in [0.4, 0.5) is 13.2 Å². The third kappa shape index (κ3) is 3.73. The van der Waals surface area contributed by atoms with Gasteiger partial charge in [-0.05, 0) is 23.8 Å². The van der Waals surface area contributed by atoms with Crippen molar-refractivity contribution in [1.29, 1.82) is 0 Å². The largest absolute Gasteiger partial charge is 0.420 e. The molecule has 0 unspecified atom stereocenters. The molecule has 4 nitrogen and oxygen atoms in total. The van der Waals surface area contributed by atoms with Crippen molar-refractivity contribution in [3.05, 3.63) is 58.0 Å². The monoisotopic (exact) mass is 321 g/mol. The Morgan fingerprint density at radius 2 is 1.83 bits per heavy atom. The number of hydrogen-bond acceptors (Lipinski definition) is 3. The molecule has 1 aromatic rings. The smallest absolute Gasteiger partial charge is 0.388 e. The second-order valence-electron chi connectivity index (χ2n) is 4.52. The Morgan fingerprint density at radius 3 is 2.39 bits per heavy atom. The van der Waals surface area contributed by atoms with Gasteiger partial charge in [-0.2, -0.15) is 13.2 Å². The molecule has 0 saturated heterocycles. The van der Waals surface area contributed by atoms with E-state index in [4.69, 9.17) is 5.11 Å². The van der Waals surface area contributed by atoms with Gasteiger partial charge in [0.1, 0.15) is 17.7 Å². The lowest BCUT2D eigenvalue weighted by Crippen LogP contribution is -2.26. The van der Waals surface area contributed by atoms with E-state index in [1.165, 1.54) is 24.3 Å². The van der Waals surface area contributed by atoms with Gasteiger partial charge in [-0.25, -0.2) is 0 Å². The Labute approximate surface area is 129 Å². The Bertz CT molecular complexity index is 762. The number of carbonyl (C=O) groups is 2. The van der Waals surface area contributed by atoms with Crippen LogP contribution in [0.3, 0.4) is 0 Å². The topological polar surface area (TPSA) is 58.7 Å². The maximum absolute atomic E-state index is 13.0. The van der Waals surface area contributed by atoms with Crippen molar-refractivity contribution in [3.63, 3.8) is 0 Å². The Morgan fingerprint density at radius 1 is 1.17 bits per heavy atom. The average Bonchev–Trinajstić information content (AvgIpc) is 2.49. The highest BCUT2D eigenvalue weighted by Gasteiger charge is 2.43. The zero-order chi connectivity index (χ0) is 17.0. The molecule has 23 heavy (non-hydrogen) atoms. The van der Waals surface area contributed by atoms with E-state index in [-0.39, 0.29) is 18.7 Å². The maximum Gasteiger partial charge on any atom is 0.420 e. The number of alkyl halides is 3. The highest BCUT2D eigenvalue weighted by molar-refractivity contribution is 6.35. The summed E-state index contributed by atoms with van der Waals surface area (Å²) in [7, 11) is 0. The van der Waals surface area contributed by atoms with Crippen LogP contribution in [0, 0.1) is 12.1 Å². The third-order valence-electron chi connectivity index (χ3n) is 2.93. The molecule has 0 fully saturated rings. The first-order valence-corrected chi connectivity index (χ1v) is 6.48. The molecule has 0 heterocycles. The Kier molecular flexibility index (Phi) is 4.77. The summed E-state index contributed by atoms with van der Waals surface area (Å²) in [5.74, 6) is -2.30. The number of benzene rings is 1. The van der Waals surface area contributed by atoms with Gasteiger partial charge in [0.15, 0.2) is 11.6 Å². The molecule has 0 aromatic heterocycles. The van der Waals surface area contributed by atoms with Crippen LogP contribution in [-0.4, -0.2) is 36.0 Å². The van der Waals surface area contributed by atoms with E-state index in [1.54, 1.807) is 6.08 Å². The number of hydrogen-bond donors (Lipinski definition) is 1. The van der Waals surface area contributed by atoms with Gasteiger partial charge in [0.2, 0.25) is 0 Å². The van der Waals surface area contributed by atoms with Crippen LogP contribution in [0.25, 0.3) is 10.4 Å². The number of ketones is 2. The van der Waals surface area contributed by atoms with Crippen molar-refractivity contribution in [3.8, 4) is 6.07 Å². The first-order valence-electron chi connectivity index (χ1n) is 6.48. The Hall–Kier alpha value is -2.72. The fourth-order valence-corrected chi connectivity index (χ4v) is 1.98. The summed E-state index contributed by atoms with van der Waals surface area (Å²) in [5, 5.41) is 8.59. The molecule has 0 saturated carbocycles. The summed E-state index contributed by atoms with van der Waals surface area (Å²) in [6.07, 6.45) is -2.45. The van der Waals surface area contributed by atoms with Crippen LogP contribution in [0.2, 0.25) is 0 Å². The molecule has 7 heteroatoms. The molecule has 1 radical (unpaired) electrons. The van der Waals surface area contributed by atoms with Gasteiger partial charge in [-0.1, -0.05) is 17.0 Å². The van der Waals surface area contributed by atoms with Gasteiger partial charge in [-0.15, -0.1) is 0 Å². The summed E-state index contributed by atoms with van der Waals surface area (Å²) in [4.78, 5) is 27.0. The third-order valence-corrected chi connectivity index (χ3v) is 2.93. The van der Waals surface area contributed by atoms with Crippen molar-refractivity contribution in [2.75, 3.05) is 13.2 Å². The van der Waals surface area contributed by atoms with Crippen molar-refractivity contribution in [2.45, 2.75) is 6.18 Å². The molecule has 0 spiro atoms. The molecule has 1 aliphatic carbocycles. The van der Waals surface area contributed by atoms with Crippen molar-refractivity contribution in [2.24, 2.45) is 0 Å². The number of nitrogens with zero attached hydrogens (tertiary/aromatic N) is 1. The van der Waals surface area contributed by atoms with Gasteiger partial charge in [0.05, 0.1) is 0 Å². The quantitative estimate of drug-likeness (QED) is 0.850. The predicted molar refractivity (Wildman–Crippen MR) is 75.5 cm³/mol. The minimum absolute atomic E-state index is 0.0267. The number of allylic oxidation sites excluding steroid dienone is 4. The second-order valence-corrected chi connectivity index (χ2v) is 4.52. The molecular formula is C16H10F3NO3+. The molecule has 1 N–H and O–H groups in total. The van der Waals surface area contributed by atoms with Crippen LogP contribution >= 0.6 is 0 Å². The zero-order valence-electron chi connectivity index (χ0n) is 11.6. The highest BCUT2D eigenvalue weighted by Crippen LogP contribution is 2.35. The van der Waals surface area contributed by atoms with Crippen LogP contribution in [0.5, 0.6) is 0 Å². The summed E-state index contributed by atoms with van der Waals surface area (Å²) in [6, 6.07) is 7.98. The summed E-state index contributed by atoms with van der Waals surface area (Å²) in [5.41, 5.74) is -1.77. The van der Waals surface area contributed by atoms with E-state index in [0.717, 1.165) is 0 Å². The maximum atomic E-state index is 13.0. The highest BCUT2D eigenvalue weighted by atomic mass is 19.4. The fraction of sp³-hybridized carbons (Fsp3) is 0.188. The lowest BCUT2D eigenvalue weighted by Gasteiger charge is -2.17. The number of rotatable bonds is 2. The van der Waals surface area contributed by atoms with Gasteiger partial charge >= 0.3 is 12.2 Å². The molecule has 117 valence electrons. The van der Waals surface area contributed by atoms with Crippen molar-refractivity contribution in [1.82, 2.24) is 0 Å². The number of carbonyl (C=O) groups excluding carboxylic acids is 2. The number of Topliss-reactive ketones (excluding diaryl/α,β-unsaturated/α-hetero) is 1. The van der Waals surface area contributed by atoms with Gasteiger partial charge in [-0.3, -0.25) is 9.59 Å². The fourth-order valence-electron chi connectivity index (χ4n) is 1.98. The normalized spacial score (nSPS) is 14.8. The van der Waals surface area contributed by atoms with E-state index in [2.05, 4.69) is 10.9 Å². The average molecular weight is 321 g/mol. The van der Waals surface area contributed by atoms with E-state index in [1.807, 2.05) is 0 Å². The Balaban J connectivity index is 2.47. The van der Waals surface area contributed by atoms with Gasteiger partial charge in [0.25, 0.3) is 6.54 Å². The van der Waals surface area contributed by atoms with Crippen molar-refractivity contribution < 1.29 is 27.9 Å². The van der Waals surface area contributed by atoms with E-state index >= 15 is 0 Å². The first-order chi connectivity index (χ1) is 10.8. The molecule has 1 aromatic carbocycles. The minimum Gasteiger partial charge on any atom is -0.388 e. The molecule has 0 bridgehead atoms. The molecule has 0 aliphatic heterocycles. The lowest BCUT2D eigenvalue weighted by atomic mass is 9.89. The lowest BCUT2D eigenvalue weighted by molar-refractivity contribution is -0.127. The van der Waals surface area contributed by atoms with Crippen LogP contribution in [0.15, 0.2) is 35.9 Å². The number of halogens is 3. The molecule has 1 aliphatic rings. The van der Waals surface area contributed by atoms with Crippen LogP contribution < -0.4 is 0 Å². The van der Waals surface area contributed by atoms with Crippen molar-refractivity contribution >= 4 is 17.1 Å². The summed E-state index contributed by atoms with van der Waals surface area (Å²) < 4.78 is 39.1. The zero-order valence-corrected chi connectivity index (χ0v) is 11.6. The molecule has 0 atom stereocenters. The van der Waals surface area contributed by atoms with Gasteiger partial charge < -0.3 is 5.11 Å². The second kappa shape index (κ2) is 6.58. The number of aliphatic hydroxyl groups is 1. The molecule has 0 amide bonds. The van der Waals surface area contributed by atoms with Crippen LogP contribution in [-0.2, 0) is 9.59 Å². The standard InChI is InChI=1S/C16H10F3NO3/c17-16(18,19)15-13(23)6-5-12(22)14(15)11-3-1-10(2-4-11)9-20-7-8-21/h1-5,21H,7-8H2/q+1. The summed E-state index contributed by atoms with van der Waals surface area (Å²) >= 11 is 0. The minimum atomic E-state index is -4.95. The first kappa shape index (κ1) is 16.6. The predicted octanol–water partition coefficient (Wildman–Crippen LogP) is 2.19. The van der Waals surface area contributed by atoms with E-state index in [9.17, 15) is 22.8 Å². The summed E-state index contributed by atoms with van der Waals surface area (Å²) in [6.45, 7) is 0.00506. The SMILES string of the molecule is O=C1[C]=CC(=O)C(c2ccc(C#[N+]CCO)cc2)=C1C(F)(F)F. The van der Waals surface area contributed by atoms with E-state index < -0.39 is 28.9 Å². The molecule has 2 rings (SSSR count). The van der Waals surface area contributed by atoms with E-state index in [0.29, 0.717) is 11.6 Å². The number of aliphatic hydroxyl groups excluding tert-OH is 1.